The van der Waals surface area contributed by atoms with E-state index < -0.39 is 0 Å². The molecule has 0 bridgehead atoms. The molecule has 46 heavy (non-hydrogen) atoms. The fraction of sp³-hybridized carbons (Fsp3) is 0.565. The van der Waals surface area contributed by atoms with Crippen LogP contribution in [-0.4, -0.2) is 0 Å². The molecule has 0 saturated heterocycles. The molecule has 3 aliphatic rings. The van der Waals surface area contributed by atoms with Crippen molar-refractivity contribution >= 4 is 5.57 Å². The average molecular weight is 619 g/mol. The molecule has 0 aliphatic heterocycles. The summed E-state index contributed by atoms with van der Waals surface area (Å²) in [6.07, 6.45) is 27.0. The SMILES string of the molecule is C=C/C=C(\C)c1ccc([C@@H](CCC2CCC(CC)CC2)[C@@H](C)C/C(=C\C)C2=C/C(=C/C3=C(C)CC[C@H](C(C)(C)C)C3)C(=C)C2)cc1. The highest BCUT2D eigenvalue weighted by molar-refractivity contribution is 5.65. The van der Waals surface area contributed by atoms with Gasteiger partial charge in [-0.15, -0.1) is 0 Å². The molecule has 1 fully saturated rings. The van der Waals surface area contributed by atoms with E-state index in [9.17, 15) is 0 Å². The number of hydrogen-bond acceptors (Lipinski definition) is 0. The smallest absolute Gasteiger partial charge is 0.00229 e. The van der Waals surface area contributed by atoms with Crippen LogP contribution in [0, 0.1) is 29.1 Å². The van der Waals surface area contributed by atoms with Gasteiger partial charge in [0, 0.05) is 0 Å². The average Bonchev–Trinajstić information content (AvgIpc) is 3.40. The van der Waals surface area contributed by atoms with E-state index in [-0.39, 0.29) is 0 Å². The zero-order valence-corrected chi connectivity index (χ0v) is 31.0. The topological polar surface area (TPSA) is 0 Å². The maximum atomic E-state index is 4.57. The fourth-order valence-electron chi connectivity index (χ4n) is 8.54. The van der Waals surface area contributed by atoms with E-state index >= 15 is 0 Å². The van der Waals surface area contributed by atoms with Crippen molar-refractivity contribution in [3.63, 3.8) is 0 Å². The Hall–Kier alpha value is -2.60. The molecule has 0 nitrogen and oxygen atoms in total. The van der Waals surface area contributed by atoms with E-state index in [0.717, 1.165) is 30.6 Å². The number of allylic oxidation sites excluding steroid dienone is 12. The summed E-state index contributed by atoms with van der Waals surface area (Å²) in [7, 11) is 0. The van der Waals surface area contributed by atoms with Crippen molar-refractivity contribution < 1.29 is 0 Å². The fourth-order valence-corrected chi connectivity index (χ4v) is 8.54. The van der Waals surface area contributed by atoms with Crippen LogP contribution in [-0.2, 0) is 0 Å². The third-order valence-electron chi connectivity index (χ3n) is 12.2. The van der Waals surface area contributed by atoms with Gasteiger partial charge in [-0.1, -0.05) is 140 Å². The maximum absolute atomic E-state index is 4.57. The summed E-state index contributed by atoms with van der Waals surface area (Å²) in [4.78, 5) is 0. The summed E-state index contributed by atoms with van der Waals surface area (Å²) in [6.45, 7) is 27.4. The minimum absolute atomic E-state index is 0.360. The van der Waals surface area contributed by atoms with Crippen LogP contribution >= 0.6 is 0 Å². The van der Waals surface area contributed by atoms with Crippen LogP contribution in [0.5, 0.6) is 0 Å². The summed E-state index contributed by atoms with van der Waals surface area (Å²) in [5.74, 6) is 3.77. The molecule has 0 radical (unpaired) electrons. The molecule has 250 valence electrons. The molecule has 0 spiro atoms. The first-order chi connectivity index (χ1) is 21.9. The van der Waals surface area contributed by atoms with Crippen LogP contribution in [0.15, 0.2) is 101 Å². The lowest BCUT2D eigenvalue weighted by molar-refractivity contribution is 0.217. The number of rotatable bonds is 12. The van der Waals surface area contributed by atoms with Gasteiger partial charge in [0.1, 0.15) is 0 Å². The highest BCUT2D eigenvalue weighted by atomic mass is 14.3. The Morgan fingerprint density at radius 3 is 2.30 bits per heavy atom. The largest absolute Gasteiger partial charge is 0.0991 e. The van der Waals surface area contributed by atoms with Crippen molar-refractivity contribution in [2.75, 3.05) is 0 Å². The summed E-state index contributed by atoms with van der Waals surface area (Å²) in [5.41, 5.74) is 13.3. The lowest BCUT2D eigenvalue weighted by Gasteiger charge is -2.35. The van der Waals surface area contributed by atoms with Crippen molar-refractivity contribution in [1.29, 1.82) is 0 Å². The monoisotopic (exact) mass is 619 g/mol. The molecule has 4 rings (SSSR count). The van der Waals surface area contributed by atoms with Gasteiger partial charge in [-0.25, -0.2) is 0 Å². The highest BCUT2D eigenvalue weighted by Crippen LogP contribution is 2.44. The van der Waals surface area contributed by atoms with Crippen molar-refractivity contribution in [2.45, 2.75) is 138 Å². The van der Waals surface area contributed by atoms with Gasteiger partial charge in [0.25, 0.3) is 0 Å². The molecule has 0 N–H and O–H groups in total. The zero-order chi connectivity index (χ0) is 33.4. The van der Waals surface area contributed by atoms with Gasteiger partial charge in [-0.3, -0.25) is 0 Å². The lowest BCUT2D eigenvalue weighted by Crippen LogP contribution is -2.23. The van der Waals surface area contributed by atoms with E-state index in [2.05, 4.69) is 117 Å². The van der Waals surface area contributed by atoms with E-state index in [1.165, 1.54) is 103 Å². The Labute approximate surface area is 284 Å². The van der Waals surface area contributed by atoms with Crippen molar-refractivity contribution in [1.82, 2.24) is 0 Å². The van der Waals surface area contributed by atoms with Crippen LogP contribution in [0.1, 0.15) is 149 Å². The minimum atomic E-state index is 0.360. The van der Waals surface area contributed by atoms with Crippen molar-refractivity contribution in [2.24, 2.45) is 29.1 Å². The van der Waals surface area contributed by atoms with E-state index in [4.69, 9.17) is 0 Å². The van der Waals surface area contributed by atoms with Crippen LogP contribution < -0.4 is 0 Å². The third-order valence-corrected chi connectivity index (χ3v) is 12.2. The Morgan fingerprint density at radius 2 is 1.70 bits per heavy atom. The van der Waals surface area contributed by atoms with Crippen molar-refractivity contribution in [3.8, 4) is 0 Å². The van der Waals surface area contributed by atoms with E-state index in [0.29, 0.717) is 17.3 Å². The minimum Gasteiger partial charge on any atom is -0.0991 e. The predicted octanol–water partition coefficient (Wildman–Crippen LogP) is 14.3. The van der Waals surface area contributed by atoms with E-state index in [1.807, 2.05) is 6.08 Å². The molecule has 0 heteroatoms. The van der Waals surface area contributed by atoms with Gasteiger partial charge in [0.15, 0.2) is 0 Å². The first-order valence-corrected chi connectivity index (χ1v) is 18.8. The van der Waals surface area contributed by atoms with Gasteiger partial charge in [0.05, 0.1) is 0 Å². The predicted molar refractivity (Wildman–Crippen MR) is 205 cm³/mol. The summed E-state index contributed by atoms with van der Waals surface area (Å²) in [5, 5.41) is 0. The maximum Gasteiger partial charge on any atom is -0.00229 e. The van der Waals surface area contributed by atoms with Crippen LogP contribution in [0.25, 0.3) is 5.57 Å². The second-order valence-corrected chi connectivity index (χ2v) is 16.3. The third kappa shape index (κ3) is 9.49. The van der Waals surface area contributed by atoms with Gasteiger partial charge in [-0.2, -0.15) is 0 Å². The second kappa shape index (κ2) is 16.5. The summed E-state index contributed by atoms with van der Waals surface area (Å²) >= 11 is 0. The molecule has 0 heterocycles. The molecular weight excluding hydrogens is 553 g/mol. The molecule has 1 aromatic rings. The summed E-state index contributed by atoms with van der Waals surface area (Å²) in [6, 6.07) is 9.51. The first-order valence-electron chi connectivity index (χ1n) is 18.8. The standard InChI is InChI=1S/C46H66/c1-11-14-32(4)39-21-23-40(24-22-39)45(26-20-37-18-16-36(12-2)17-19-37)35(7)28-38(13-3)43-27-34(6)41(30-43)29-42-31-44(46(8,9)10)25-15-33(42)5/h11,13-14,21-24,29-30,35-37,44-45H,1,6,12,15-20,25-28,31H2,2-5,7-10H3/b32-14+,38-13+,41-29-/t35-,36?,37?,44-,45-/m0/s1. The Morgan fingerprint density at radius 1 is 1.02 bits per heavy atom. The second-order valence-electron chi connectivity index (χ2n) is 16.3. The molecule has 3 aliphatic carbocycles. The number of benzene rings is 1. The van der Waals surface area contributed by atoms with E-state index in [1.54, 1.807) is 11.1 Å². The molecule has 1 aromatic carbocycles. The summed E-state index contributed by atoms with van der Waals surface area (Å²) < 4.78 is 0. The van der Waals surface area contributed by atoms with Gasteiger partial charge in [-0.05, 0) is 145 Å². The highest BCUT2D eigenvalue weighted by Gasteiger charge is 2.30. The molecule has 0 unspecified atom stereocenters. The first kappa shape index (κ1) is 36.2. The Kier molecular flexibility index (Phi) is 13.0. The van der Waals surface area contributed by atoms with Gasteiger partial charge >= 0.3 is 0 Å². The molecule has 0 aromatic heterocycles. The zero-order valence-electron chi connectivity index (χ0n) is 31.0. The van der Waals surface area contributed by atoms with Gasteiger partial charge in [0.2, 0.25) is 0 Å². The lowest BCUT2D eigenvalue weighted by atomic mass is 9.70. The van der Waals surface area contributed by atoms with Crippen LogP contribution in [0.2, 0.25) is 0 Å². The van der Waals surface area contributed by atoms with Crippen molar-refractivity contribution in [3.05, 3.63) is 112 Å². The number of hydrogen-bond donors (Lipinski definition) is 0. The van der Waals surface area contributed by atoms with Crippen LogP contribution in [0.3, 0.4) is 0 Å². The Balaban J connectivity index is 1.52. The quantitative estimate of drug-likeness (QED) is 0.204. The normalized spacial score (nSPS) is 25.6. The molecule has 3 atom stereocenters. The van der Waals surface area contributed by atoms with Gasteiger partial charge < -0.3 is 0 Å². The molecular formula is C46H66. The van der Waals surface area contributed by atoms with Crippen LogP contribution in [0.4, 0.5) is 0 Å². The Bertz CT molecular complexity index is 1350. The molecule has 1 saturated carbocycles. The molecule has 0 amide bonds.